The van der Waals surface area contributed by atoms with Crippen LogP contribution in [0.1, 0.15) is 19.5 Å². The Labute approximate surface area is 175 Å². The summed E-state index contributed by atoms with van der Waals surface area (Å²) >= 11 is 0. The quantitative estimate of drug-likeness (QED) is 0.296. The van der Waals surface area contributed by atoms with Crippen LogP contribution in [0, 0.1) is 0 Å². The molecular formula is C25H23O4P. The molecule has 5 rings (SSSR count). The third-order valence-corrected chi connectivity index (χ3v) is 6.98. The first-order valence-corrected chi connectivity index (χ1v) is 11.2. The fraction of sp³-hybridized carbons (Fsp3) is 0.200. The van der Waals surface area contributed by atoms with E-state index in [2.05, 4.69) is 38.1 Å². The number of methoxy groups -OCH3 is 2. The van der Waals surface area contributed by atoms with E-state index in [0.29, 0.717) is 11.5 Å². The molecule has 0 saturated carbocycles. The third-order valence-electron chi connectivity index (χ3n) is 5.41. The van der Waals surface area contributed by atoms with Gasteiger partial charge in [0, 0.05) is 10.8 Å². The lowest BCUT2D eigenvalue weighted by molar-refractivity contribution is 0.411. The molecule has 0 radical (unpaired) electrons. The highest BCUT2D eigenvalue weighted by Crippen LogP contribution is 2.49. The van der Waals surface area contributed by atoms with E-state index < -0.39 is 8.01 Å². The van der Waals surface area contributed by atoms with Crippen LogP contribution in [0.4, 0.5) is 0 Å². The van der Waals surface area contributed by atoms with Crippen LogP contribution in [0.5, 0.6) is 11.5 Å². The van der Waals surface area contributed by atoms with Crippen molar-refractivity contribution in [2.75, 3.05) is 14.2 Å². The highest BCUT2D eigenvalue weighted by molar-refractivity contribution is 7.37. The molecule has 30 heavy (non-hydrogen) atoms. The van der Waals surface area contributed by atoms with E-state index in [4.69, 9.17) is 17.9 Å². The van der Waals surface area contributed by atoms with E-state index in [-0.39, 0.29) is 5.66 Å². The van der Waals surface area contributed by atoms with Gasteiger partial charge >= 0.3 is 0 Å². The van der Waals surface area contributed by atoms with E-state index in [1.807, 2.05) is 36.4 Å². The molecule has 1 aromatic heterocycles. The van der Waals surface area contributed by atoms with Crippen molar-refractivity contribution in [1.29, 1.82) is 0 Å². The lowest BCUT2D eigenvalue weighted by Gasteiger charge is -2.10. The molecule has 5 heteroatoms. The molecule has 0 saturated heterocycles. The molecule has 0 unspecified atom stereocenters. The minimum atomic E-state index is -1.25. The van der Waals surface area contributed by atoms with Gasteiger partial charge in [-0.2, -0.15) is 0 Å². The average Bonchev–Trinajstić information content (AvgIpc) is 2.96. The van der Waals surface area contributed by atoms with Gasteiger partial charge in [0.25, 0.3) is 0 Å². The molecule has 0 N–H and O–H groups in total. The summed E-state index contributed by atoms with van der Waals surface area (Å²) in [4.78, 5) is 0. The maximum atomic E-state index is 6.54. The van der Waals surface area contributed by atoms with Crippen molar-refractivity contribution in [3.05, 3.63) is 60.7 Å². The van der Waals surface area contributed by atoms with Crippen molar-refractivity contribution >= 4 is 51.5 Å². The molecule has 0 aliphatic heterocycles. The van der Waals surface area contributed by atoms with Gasteiger partial charge in [-0.3, -0.25) is 0 Å². The van der Waals surface area contributed by atoms with E-state index in [1.165, 1.54) is 0 Å². The fourth-order valence-corrected chi connectivity index (χ4v) is 5.18. The third kappa shape index (κ3) is 2.83. The summed E-state index contributed by atoms with van der Waals surface area (Å²) in [5.74, 6) is 1.42. The minimum absolute atomic E-state index is 0.186. The zero-order chi connectivity index (χ0) is 20.8. The van der Waals surface area contributed by atoms with Gasteiger partial charge in [-0.05, 0) is 47.5 Å². The standard InChI is InChI=1S/C25H23O4P/c1-15(2)30-28-24-20(26-3)13-16-9-5-7-11-18(16)22(24)23-19-12-8-6-10-17(19)14-21(27-4)25(23)29-30/h5-15H,1-4H3. The molecular weight excluding hydrogens is 395 g/mol. The molecule has 0 aliphatic carbocycles. The van der Waals surface area contributed by atoms with E-state index in [1.54, 1.807) is 14.2 Å². The molecule has 0 aliphatic rings. The monoisotopic (exact) mass is 418 g/mol. The number of fused-ring (bicyclic) bond motifs is 7. The van der Waals surface area contributed by atoms with Crippen molar-refractivity contribution in [2.45, 2.75) is 19.5 Å². The number of benzene rings is 4. The van der Waals surface area contributed by atoms with Crippen LogP contribution >= 0.6 is 8.01 Å². The van der Waals surface area contributed by atoms with Crippen molar-refractivity contribution in [3.63, 3.8) is 0 Å². The Bertz CT molecular complexity index is 1340. The van der Waals surface area contributed by atoms with Gasteiger partial charge in [-0.25, -0.2) is 0 Å². The summed E-state index contributed by atoms with van der Waals surface area (Å²) in [7, 11) is 2.12. The fourth-order valence-electron chi connectivity index (χ4n) is 4.00. The van der Waals surface area contributed by atoms with Crippen molar-refractivity contribution in [2.24, 2.45) is 0 Å². The molecule has 4 nitrogen and oxygen atoms in total. The Balaban J connectivity index is 2.23. The maximum Gasteiger partial charge on any atom is 0.219 e. The van der Waals surface area contributed by atoms with Gasteiger partial charge in [0.15, 0.2) is 22.7 Å². The first kappa shape index (κ1) is 18.9. The maximum absolute atomic E-state index is 6.54. The number of ether oxygens (including phenoxy) is 2. The molecule has 0 spiro atoms. The topological polar surface area (TPSA) is 44.7 Å². The van der Waals surface area contributed by atoms with Crippen LogP contribution in [0.3, 0.4) is 0 Å². The lowest BCUT2D eigenvalue weighted by atomic mass is 9.98. The molecule has 152 valence electrons. The molecule has 0 bridgehead atoms. The Kier molecular flexibility index (Phi) is 4.60. The Morgan fingerprint density at radius 3 is 1.53 bits per heavy atom. The molecule has 0 amide bonds. The zero-order valence-electron chi connectivity index (χ0n) is 17.4. The van der Waals surface area contributed by atoms with Gasteiger partial charge in [-0.1, -0.05) is 48.5 Å². The van der Waals surface area contributed by atoms with E-state index in [0.717, 1.165) is 43.5 Å². The summed E-state index contributed by atoms with van der Waals surface area (Å²) in [6.07, 6.45) is 0. The van der Waals surface area contributed by atoms with Gasteiger partial charge < -0.3 is 17.9 Å². The van der Waals surface area contributed by atoms with Gasteiger partial charge in [0.2, 0.25) is 8.01 Å². The normalized spacial score (nSPS) is 11.6. The summed E-state index contributed by atoms with van der Waals surface area (Å²) in [6, 6.07) is 20.7. The smallest absolute Gasteiger partial charge is 0.219 e. The van der Waals surface area contributed by atoms with Crippen LogP contribution in [0.2, 0.25) is 0 Å². The average molecular weight is 418 g/mol. The molecule has 4 aromatic carbocycles. The predicted octanol–water partition coefficient (Wildman–Crippen LogP) is 8.19. The lowest BCUT2D eigenvalue weighted by Crippen LogP contribution is -1.88. The molecule has 0 fully saturated rings. The zero-order valence-corrected chi connectivity index (χ0v) is 18.3. The van der Waals surface area contributed by atoms with Crippen molar-refractivity contribution in [3.8, 4) is 11.5 Å². The summed E-state index contributed by atoms with van der Waals surface area (Å²) in [5, 5.41) is 6.34. The van der Waals surface area contributed by atoms with Crippen LogP contribution in [0.15, 0.2) is 69.1 Å². The SMILES string of the molecule is COc1cc2ccccc2c2c1op(C(C)C)oc1c(OC)cc3ccccc3c12. The Hall–Kier alpha value is -3.10. The first-order chi connectivity index (χ1) is 14.6. The number of hydrogen-bond acceptors (Lipinski definition) is 4. The van der Waals surface area contributed by atoms with Crippen molar-refractivity contribution in [1.82, 2.24) is 0 Å². The van der Waals surface area contributed by atoms with Gasteiger partial charge in [0.1, 0.15) is 0 Å². The summed E-state index contributed by atoms with van der Waals surface area (Å²) < 4.78 is 24.7. The Morgan fingerprint density at radius 2 is 1.13 bits per heavy atom. The Morgan fingerprint density at radius 1 is 0.700 bits per heavy atom. The highest BCUT2D eigenvalue weighted by Gasteiger charge is 2.20. The van der Waals surface area contributed by atoms with Crippen LogP contribution < -0.4 is 9.47 Å². The summed E-state index contributed by atoms with van der Waals surface area (Å²) in [5.41, 5.74) is 1.65. The second kappa shape index (κ2) is 7.30. The second-order valence-electron chi connectivity index (χ2n) is 7.57. The second-order valence-corrected chi connectivity index (χ2v) is 9.54. The van der Waals surface area contributed by atoms with E-state index >= 15 is 0 Å². The molecule has 1 heterocycles. The summed E-state index contributed by atoms with van der Waals surface area (Å²) in [6.45, 7) is 4.22. The molecule has 0 atom stereocenters. The number of hydrogen-bond donors (Lipinski definition) is 0. The largest absolute Gasteiger partial charge is 0.493 e. The van der Waals surface area contributed by atoms with E-state index in [9.17, 15) is 0 Å². The van der Waals surface area contributed by atoms with Crippen LogP contribution in [-0.4, -0.2) is 14.2 Å². The van der Waals surface area contributed by atoms with Gasteiger partial charge in [0.05, 0.1) is 19.9 Å². The molecule has 5 aromatic rings. The van der Waals surface area contributed by atoms with Gasteiger partial charge in [-0.15, -0.1) is 0 Å². The van der Waals surface area contributed by atoms with Crippen molar-refractivity contribution < 1.29 is 17.9 Å². The van der Waals surface area contributed by atoms with Crippen LogP contribution in [-0.2, 0) is 0 Å². The number of rotatable bonds is 3. The first-order valence-electron chi connectivity index (χ1n) is 9.97. The highest BCUT2D eigenvalue weighted by atomic mass is 31.1. The van der Waals surface area contributed by atoms with Crippen LogP contribution in [0.25, 0.3) is 43.5 Å². The minimum Gasteiger partial charge on any atom is -0.493 e. The predicted molar refractivity (Wildman–Crippen MR) is 125 cm³/mol.